The summed E-state index contributed by atoms with van der Waals surface area (Å²) in [6.07, 6.45) is 0. The summed E-state index contributed by atoms with van der Waals surface area (Å²) < 4.78 is 5.16. The third kappa shape index (κ3) is 2.99. The highest BCUT2D eigenvalue weighted by molar-refractivity contribution is 6.31. The molecule has 0 fully saturated rings. The third-order valence-electron chi connectivity index (χ3n) is 3.02. The maximum atomic E-state index is 12.3. The van der Waals surface area contributed by atoms with Gasteiger partial charge in [0.25, 0.3) is 11.8 Å². The second kappa shape index (κ2) is 5.99. The first-order valence-corrected chi connectivity index (χ1v) is 6.98. The molecule has 0 bridgehead atoms. The lowest BCUT2D eigenvalue weighted by Crippen LogP contribution is -2.12. The molecule has 0 saturated carbocycles. The first kappa shape index (κ1) is 14.3. The van der Waals surface area contributed by atoms with Crippen LogP contribution in [0.1, 0.15) is 16.2 Å². The SMILES string of the molecule is Cc1noc(-c2ccccc2NC(=O)c2cccc(Cl)c2)n1. The quantitative estimate of drug-likeness (QED) is 0.795. The minimum Gasteiger partial charge on any atom is -0.334 e. The number of aromatic nitrogens is 2. The number of amides is 1. The van der Waals surface area contributed by atoms with Gasteiger partial charge in [0.1, 0.15) is 0 Å². The van der Waals surface area contributed by atoms with Crippen LogP contribution >= 0.6 is 11.6 Å². The topological polar surface area (TPSA) is 68.0 Å². The van der Waals surface area contributed by atoms with Gasteiger partial charge in [0, 0.05) is 10.6 Å². The number of halogens is 1. The number of para-hydroxylation sites is 1. The van der Waals surface area contributed by atoms with Gasteiger partial charge in [0.2, 0.25) is 0 Å². The lowest BCUT2D eigenvalue weighted by atomic mass is 10.1. The molecule has 0 aliphatic carbocycles. The summed E-state index contributed by atoms with van der Waals surface area (Å²) in [5.41, 5.74) is 1.73. The number of carbonyl (C=O) groups is 1. The molecule has 1 N–H and O–H groups in total. The van der Waals surface area contributed by atoms with Crippen LogP contribution in [0.2, 0.25) is 5.02 Å². The van der Waals surface area contributed by atoms with Gasteiger partial charge in [0.15, 0.2) is 5.82 Å². The lowest BCUT2D eigenvalue weighted by Gasteiger charge is -2.08. The van der Waals surface area contributed by atoms with E-state index in [9.17, 15) is 4.79 Å². The van der Waals surface area contributed by atoms with E-state index in [1.165, 1.54) is 0 Å². The highest BCUT2D eigenvalue weighted by Crippen LogP contribution is 2.26. The molecule has 1 heterocycles. The molecule has 110 valence electrons. The van der Waals surface area contributed by atoms with Crippen molar-refractivity contribution in [3.63, 3.8) is 0 Å². The molecule has 0 aliphatic rings. The van der Waals surface area contributed by atoms with E-state index < -0.39 is 0 Å². The van der Waals surface area contributed by atoms with Gasteiger partial charge in [-0.05, 0) is 37.3 Å². The van der Waals surface area contributed by atoms with Crippen molar-refractivity contribution >= 4 is 23.2 Å². The van der Waals surface area contributed by atoms with E-state index in [1.807, 2.05) is 12.1 Å². The van der Waals surface area contributed by atoms with Crippen molar-refractivity contribution in [1.29, 1.82) is 0 Å². The first-order chi connectivity index (χ1) is 10.6. The number of anilines is 1. The average molecular weight is 314 g/mol. The van der Waals surface area contributed by atoms with Gasteiger partial charge in [-0.15, -0.1) is 0 Å². The predicted octanol–water partition coefficient (Wildman–Crippen LogP) is 3.95. The highest BCUT2D eigenvalue weighted by Gasteiger charge is 2.14. The van der Waals surface area contributed by atoms with E-state index >= 15 is 0 Å². The van der Waals surface area contributed by atoms with Crippen LogP contribution in [-0.4, -0.2) is 16.0 Å². The van der Waals surface area contributed by atoms with Crippen LogP contribution in [0.4, 0.5) is 5.69 Å². The Hall–Kier alpha value is -2.66. The van der Waals surface area contributed by atoms with Gasteiger partial charge >= 0.3 is 0 Å². The second-order valence-electron chi connectivity index (χ2n) is 4.66. The van der Waals surface area contributed by atoms with Crippen LogP contribution in [0.5, 0.6) is 0 Å². The van der Waals surface area contributed by atoms with Crippen LogP contribution in [0.15, 0.2) is 53.1 Å². The molecule has 6 heteroatoms. The van der Waals surface area contributed by atoms with Crippen molar-refractivity contribution < 1.29 is 9.32 Å². The van der Waals surface area contributed by atoms with Gasteiger partial charge in [0.05, 0.1) is 11.3 Å². The van der Waals surface area contributed by atoms with Crippen molar-refractivity contribution in [1.82, 2.24) is 10.1 Å². The predicted molar refractivity (Wildman–Crippen MR) is 83.9 cm³/mol. The maximum absolute atomic E-state index is 12.3. The van der Waals surface area contributed by atoms with Crippen LogP contribution in [0.25, 0.3) is 11.5 Å². The molecule has 1 amide bonds. The van der Waals surface area contributed by atoms with Crippen LogP contribution in [0.3, 0.4) is 0 Å². The first-order valence-electron chi connectivity index (χ1n) is 6.60. The van der Waals surface area contributed by atoms with Crippen molar-refractivity contribution in [3.8, 4) is 11.5 Å². The molecule has 0 spiro atoms. The molecule has 22 heavy (non-hydrogen) atoms. The Morgan fingerprint density at radius 2 is 2.00 bits per heavy atom. The van der Waals surface area contributed by atoms with Gasteiger partial charge in [-0.1, -0.05) is 35.0 Å². The van der Waals surface area contributed by atoms with Crippen molar-refractivity contribution in [2.75, 3.05) is 5.32 Å². The number of hydrogen-bond acceptors (Lipinski definition) is 4. The van der Waals surface area contributed by atoms with Crippen LogP contribution in [-0.2, 0) is 0 Å². The third-order valence-corrected chi connectivity index (χ3v) is 3.26. The second-order valence-corrected chi connectivity index (χ2v) is 5.09. The summed E-state index contributed by atoms with van der Waals surface area (Å²) in [5, 5.41) is 7.11. The van der Waals surface area contributed by atoms with E-state index in [4.69, 9.17) is 16.1 Å². The normalized spacial score (nSPS) is 10.5. The van der Waals surface area contributed by atoms with Gasteiger partial charge < -0.3 is 9.84 Å². The van der Waals surface area contributed by atoms with E-state index in [-0.39, 0.29) is 5.91 Å². The van der Waals surface area contributed by atoms with Crippen molar-refractivity contribution in [2.45, 2.75) is 6.92 Å². The Labute approximate surface area is 131 Å². The summed E-state index contributed by atoms with van der Waals surface area (Å²) in [6, 6.07) is 14.0. The molecule has 0 aliphatic heterocycles. The molecule has 3 rings (SSSR count). The molecule has 5 nitrogen and oxygen atoms in total. The van der Waals surface area contributed by atoms with Gasteiger partial charge in [-0.3, -0.25) is 4.79 Å². The summed E-state index contributed by atoms with van der Waals surface area (Å²) >= 11 is 5.91. The van der Waals surface area contributed by atoms with Crippen LogP contribution < -0.4 is 5.32 Å². The molecule has 0 atom stereocenters. The fraction of sp³-hybridized carbons (Fsp3) is 0.0625. The van der Waals surface area contributed by atoms with E-state index in [1.54, 1.807) is 43.3 Å². The number of hydrogen-bond donors (Lipinski definition) is 1. The molecule has 0 saturated heterocycles. The summed E-state index contributed by atoms with van der Waals surface area (Å²) in [5.74, 6) is 0.636. The zero-order chi connectivity index (χ0) is 15.5. The number of nitrogens with one attached hydrogen (secondary N) is 1. The minimum absolute atomic E-state index is 0.258. The monoisotopic (exact) mass is 313 g/mol. The summed E-state index contributed by atoms with van der Waals surface area (Å²) in [7, 11) is 0. The number of aryl methyl sites for hydroxylation is 1. The zero-order valence-electron chi connectivity index (χ0n) is 11.7. The van der Waals surface area contributed by atoms with Gasteiger partial charge in [-0.2, -0.15) is 4.98 Å². The largest absolute Gasteiger partial charge is 0.334 e. The Morgan fingerprint density at radius 1 is 1.18 bits per heavy atom. The minimum atomic E-state index is -0.258. The van der Waals surface area contributed by atoms with Crippen molar-refractivity contribution in [2.24, 2.45) is 0 Å². The molecule has 3 aromatic rings. The highest BCUT2D eigenvalue weighted by atomic mass is 35.5. The smallest absolute Gasteiger partial charge is 0.260 e. The lowest BCUT2D eigenvalue weighted by molar-refractivity contribution is 0.102. The van der Waals surface area contributed by atoms with E-state index in [0.29, 0.717) is 33.6 Å². The van der Waals surface area contributed by atoms with Crippen LogP contribution in [0, 0.1) is 6.92 Å². The molecular formula is C16H12ClN3O2. The fourth-order valence-electron chi connectivity index (χ4n) is 2.01. The Balaban J connectivity index is 1.91. The number of carbonyl (C=O) groups excluding carboxylic acids is 1. The van der Waals surface area contributed by atoms with E-state index in [2.05, 4.69) is 15.5 Å². The van der Waals surface area contributed by atoms with Gasteiger partial charge in [-0.25, -0.2) is 0 Å². The molecule has 0 radical (unpaired) electrons. The molecule has 1 aromatic heterocycles. The standard InChI is InChI=1S/C16H12ClN3O2/c1-10-18-16(22-20-10)13-7-2-3-8-14(13)19-15(21)11-5-4-6-12(17)9-11/h2-9H,1H3,(H,19,21). The average Bonchev–Trinajstić information content (AvgIpc) is 2.94. The Morgan fingerprint density at radius 3 is 2.73 bits per heavy atom. The molecule has 2 aromatic carbocycles. The Bertz CT molecular complexity index is 830. The van der Waals surface area contributed by atoms with E-state index in [0.717, 1.165) is 0 Å². The summed E-state index contributed by atoms with van der Waals surface area (Å²) in [6.45, 7) is 1.74. The molecule has 0 unspecified atom stereocenters. The fourth-order valence-corrected chi connectivity index (χ4v) is 2.20. The summed E-state index contributed by atoms with van der Waals surface area (Å²) in [4.78, 5) is 16.5. The Kier molecular flexibility index (Phi) is 3.89. The number of nitrogens with zero attached hydrogens (tertiary/aromatic N) is 2. The molecular weight excluding hydrogens is 302 g/mol. The number of benzene rings is 2. The van der Waals surface area contributed by atoms with Crippen molar-refractivity contribution in [3.05, 3.63) is 64.9 Å². The number of rotatable bonds is 3. The zero-order valence-corrected chi connectivity index (χ0v) is 12.5. The maximum Gasteiger partial charge on any atom is 0.260 e.